The van der Waals surface area contributed by atoms with E-state index in [2.05, 4.69) is 4.74 Å². The number of likely N-dealkylation sites (tertiary alicyclic amines) is 1. The molecule has 1 aliphatic rings. The fourth-order valence-electron chi connectivity index (χ4n) is 2.68. The van der Waals surface area contributed by atoms with Crippen molar-refractivity contribution in [2.75, 3.05) is 20.2 Å². The molecule has 1 atom stereocenters. The molecule has 1 unspecified atom stereocenters. The van der Waals surface area contributed by atoms with E-state index < -0.39 is 6.61 Å². The Morgan fingerprint density at radius 2 is 2.18 bits per heavy atom. The molecule has 0 bridgehead atoms. The van der Waals surface area contributed by atoms with Crippen molar-refractivity contribution in [3.8, 4) is 11.5 Å². The summed E-state index contributed by atoms with van der Waals surface area (Å²) < 4.78 is 34.3. The molecule has 22 heavy (non-hydrogen) atoms. The van der Waals surface area contributed by atoms with Crippen molar-refractivity contribution in [1.82, 2.24) is 4.90 Å². The molecule has 0 spiro atoms. The third-order valence-corrected chi connectivity index (χ3v) is 3.79. The predicted octanol–water partition coefficient (Wildman–Crippen LogP) is 2.25. The summed E-state index contributed by atoms with van der Waals surface area (Å²) >= 11 is 0. The largest absolute Gasteiger partial charge is 0.493 e. The Hall–Kier alpha value is -1.89. The van der Waals surface area contributed by atoms with Crippen LogP contribution in [0, 0.1) is 0 Å². The molecule has 1 saturated heterocycles. The molecular formula is C15H20F2N2O3. The van der Waals surface area contributed by atoms with Gasteiger partial charge in [-0.2, -0.15) is 8.78 Å². The Bertz CT molecular complexity index is 526. The molecule has 1 amide bonds. The monoisotopic (exact) mass is 314 g/mol. The van der Waals surface area contributed by atoms with Gasteiger partial charge >= 0.3 is 6.61 Å². The quantitative estimate of drug-likeness (QED) is 0.905. The smallest absolute Gasteiger partial charge is 0.387 e. The minimum absolute atomic E-state index is 0.0113. The van der Waals surface area contributed by atoms with Gasteiger partial charge in [0.25, 0.3) is 5.91 Å². The number of ether oxygens (including phenoxy) is 2. The molecule has 0 radical (unpaired) electrons. The number of amides is 1. The van der Waals surface area contributed by atoms with Crippen molar-refractivity contribution < 1.29 is 23.0 Å². The Balaban J connectivity index is 2.25. The zero-order valence-corrected chi connectivity index (χ0v) is 12.4. The van der Waals surface area contributed by atoms with Crippen LogP contribution in [0.25, 0.3) is 0 Å². The first-order valence-corrected chi connectivity index (χ1v) is 7.20. The van der Waals surface area contributed by atoms with Gasteiger partial charge in [0.2, 0.25) is 0 Å². The van der Waals surface area contributed by atoms with Crippen LogP contribution in [-0.2, 0) is 0 Å². The number of nitrogens with two attached hydrogens (primary N) is 1. The van der Waals surface area contributed by atoms with E-state index in [0.29, 0.717) is 13.1 Å². The van der Waals surface area contributed by atoms with Crippen molar-refractivity contribution in [3.05, 3.63) is 23.8 Å². The summed E-state index contributed by atoms with van der Waals surface area (Å²) in [7, 11) is 1.35. The number of rotatable bonds is 5. The van der Waals surface area contributed by atoms with Crippen LogP contribution in [-0.4, -0.2) is 43.7 Å². The number of nitrogens with zero attached hydrogens (tertiary/aromatic N) is 1. The normalized spacial score (nSPS) is 18.4. The number of piperidine rings is 1. The van der Waals surface area contributed by atoms with Gasteiger partial charge < -0.3 is 20.1 Å². The standard InChI is InChI=1S/C15H20F2N2O3/c1-21-12-6-5-10(8-13(12)22-15(16)17)14(20)19-7-3-2-4-11(19)9-18/h5-6,8,11,15H,2-4,7,9,18H2,1H3. The lowest BCUT2D eigenvalue weighted by molar-refractivity contribution is -0.0512. The van der Waals surface area contributed by atoms with Crippen LogP contribution in [0.5, 0.6) is 11.5 Å². The van der Waals surface area contributed by atoms with E-state index in [9.17, 15) is 13.6 Å². The van der Waals surface area contributed by atoms with Gasteiger partial charge in [-0.25, -0.2) is 0 Å². The number of halogens is 2. The van der Waals surface area contributed by atoms with Crippen molar-refractivity contribution in [3.63, 3.8) is 0 Å². The number of methoxy groups -OCH3 is 1. The van der Waals surface area contributed by atoms with Gasteiger partial charge in [-0.15, -0.1) is 0 Å². The van der Waals surface area contributed by atoms with E-state index in [4.69, 9.17) is 10.5 Å². The SMILES string of the molecule is COc1ccc(C(=O)N2CCCCC2CN)cc1OC(F)F. The molecule has 0 aromatic heterocycles. The fourth-order valence-corrected chi connectivity index (χ4v) is 2.68. The minimum Gasteiger partial charge on any atom is -0.493 e. The van der Waals surface area contributed by atoms with Crippen LogP contribution in [0.15, 0.2) is 18.2 Å². The average molecular weight is 314 g/mol. The van der Waals surface area contributed by atoms with Gasteiger partial charge in [0.1, 0.15) is 0 Å². The molecule has 2 rings (SSSR count). The van der Waals surface area contributed by atoms with Gasteiger partial charge in [-0.05, 0) is 37.5 Å². The minimum atomic E-state index is -2.98. The van der Waals surface area contributed by atoms with Gasteiger partial charge in [0.05, 0.1) is 7.11 Å². The summed E-state index contributed by atoms with van der Waals surface area (Å²) in [5.41, 5.74) is 6.00. The summed E-state index contributed by atoms with van der Waals surface area (Å²) in [5.74, 6) is -0.215. The van der Waals surface area contributed by atoms with Crippen LogP contribution in [0.4, 0.5) is 8.78 Å². The third-order valence-electron chi connectivity index (χ3n) is 3.79. The molecule has 1 aliphatic heterocycles. The van der Waals surface area contributed by atoms with Crippen LogP contribution in [0.2, 0.25) is 0 Å². The highest BCUT2D eigenvalue weighted by Crippen LogP contribution is 2.30. The molecule has 5 nitrogen and oxygen atoms in total. The number of carbonyl (C=O) groups excluding carboxylic acids is 1. The number of hydrogen-bond acceptors (Lipinski definition) is 4. The molecule has 7 heteroatoms. The second-order valence-corrected chi connectivity index (χ2v) is 5.13. The van der Waals surface area contributed by atoms with Crippen molar-refractivity contribution >= 4 is 5.91 Å². The first kappa shape index (κ1) is 16.5. The first-order valence-electron chi connectivity index (χ1n) is 7.20. The summed E-state index contributed by atoms with van der Waals surface area (Å²) in [6, 6.07) is 4.27. The summed E-state index contributed by atoms with van der Waals surface area (Å²) in [6.07, 6.45) is 2.81. The first-order chi connectivity index (χ1) is 10.6. The molecule has 0 saturated carbocycles. The van der Waals surface area contributed by atoms with Crippen LogP contribution < -0.4 is 15.2 Å². The van der Waals surface area contributed by atoms with Gasteiger partial charge in [-0.1, -0.05) is 0 Å². The topological polar surface area (TPSA) is 64.8 Å². The highest BCUT2D eigenvalue weighted by molar-refractivity contribution is 5.95. The maximum absolute atomic E-state index is 12.6. The van der Waals surface area contributed by atoms with Crippen molar-refractivity contribution in [2.24, 2.45) is 5.73 Å². The van der Waals surface area contributed by atoms with E-state index in [1.807, 2.05) is 0 Å². The van der Waals surface area contributed by atoms with Crippen LogP contribution >= 0.6 is 0 Å². The fraction of sp³-hybridized carbons (Fsp3) is 0.533. The Morgan fingerprint density at radius 3 is 2.82 bits per heavy atom. The molecular weight excluding hydrogens is 294 g/mol. The summed E-state index contributed by atoms with van der Waals surface area (Å²) in [5, 5.41) is 0. The number of alkyl halides is 2. The zero-order valence-electron chi connectivity index (χ0n) is 12.4. The molecule has 0 aliphatic carbocycles. The van der Waals surface area contributed by atoms with Crippen LogP contribution in [0.3, 0.4) is 0 Å². The maximum atomic E-state index is 12.6. The number of hydrogen-bond donors (Lipinski definition) is 1. The lowest BCUT2D eigenvalue weighted by Gasteiger charge is -2.35. The number of carbonyl (C=O) groups is 1. The van der Waals surface area contributed by atoms with Crippen LogP contribution in [0.1, 0.15) is 29.6 Å². The van der Waals surface area contributed by atoms with Crippen molar-refractivity contribution in [2.45, 2.75) is 31.9 Å². The second-order valence-electron chi connectivity index (χ2n) is 5.13. The molecule has 122 valence electrons. The average Bonchev–Trinajstić information content (AvgIpc) is 2.53. The van der Waals surface area contributed by atoms with Gasteiger partial charge in [0.15, 0.2) is 11.5 Å². The van der Waals surface area contributed by atoms with Crippen molar-refractivity contribution in [1.29, 1.82) is 0 Å². The molecule has 1 aromatic rings. The zero-order chi connectivity index (χ0) is 16.1. The summed E-state index contributed by atoms with van der Waals surface area (Å²) in [4.78, 5) is 14.3. The Kier molecular flexibility index (Phi) is 5.54. The van der Waals surface area contributed by atoms with Gasteiger partial charge in [0, 0.05) is 24.7 Å². The molecule has 1 aromatic carbocycles. The van der Waals surface area contributed by atoms with E-state index >= 15 is 0 Å². The van der Waals surface area contributed by atoms with E-state index in [1.165, 1.54) is 19.2 Å². The van der Waals surface area contributed by atoms with E-state index in [0.717, 1.165) is 19.3 Å². The van der Waals surface area contributed by atoms with E-state index in [1.54, 1.807) is 11.0 Å². The second kappa shape index (κ2) is 7.40. The predicted molar refractivity (Wildman–Crippen MR) is 77.4 cm³/mol. The Labute approximate surface area is 128 Å². The van der Waals surface area contributed by atoms with Gasteiger partial charge in [-0.3, -0.25) is 4.79 Å². The highest BCUT2D eigenvalue weighted by Gasteiger charge is 2.27. The molecule has 2 N–H and O–H groups in total. The molecule has 1 fully saturated rings. The number of benzene rings is 1. The van der Waals surface area contributed by atoms with E-state index in [-0.39, 0.29) is 29.0 Å². The lowest BCUT2D eigenvalue weighted by Crippen LogP contribution is -2.47. The maximum Gasteiger partial charge on any atom is 0.387 e. The highest BCUT2D eigenvalue weighted by atomic mass is 19.3. The summed E-state index contributed by atoms with van der Waals surface area (Å²) in [6.45, 7) is -1.97. The Morgan fingerprint density at radius 1 is 1.41 bits per heavy atom. The third kappa shape index (κ3) is 3.65. The molecule has 1 heterocycles. The lowest BCUT2D eigenvalue weighted by atomic mass is 10.0.